The van der Waals surface area contributed by atoms with Crippen LogP contribution in [0, 0.1) is 0 Å². The van der Waals surface area contributed by atoms with Gasteiger partial charge in [-0.3, -0.25) is 9.59 Å². The Morgan fingerprint density at radius 2 is 1.65 bits per heavy atom. The lowest BCUT2D eigenvalue weighted by atomic mass is 10.1. The third-order valence-corrected chi connectivity index (χ3v) is 3.87. The quantitative estimate of drug-likeness (QED) is 0.883. The summed E-state index contributed by atoms with van der Waals surface area (Å²) in [5.41, 5.74) is 2.17. The van der Waals surface area contributed by atoms with E-state index >= 15 is 0 Å². The van der Waals surface area contributed by atoms with Gasteiger partial charge in [0.2, 0.25) is 5.91 Å². The van der Waals surface area contributed by atoms with Crippen molar-refractivity contribution < 1.29 is 9.59 Å². The predicted molar refractivity (Wildman–Crippen MR) is 90.7 cm³/mol. The van der Waals surface area contributed by atoms with Crippen LogP contribution < -0.4 is 10.6 Å². The highest BCUT2D eigenvalue weighted by molar-refractivity contribution is 6.30. The molecular formula is C18H17ClN2O2. The fourth-order valence-corrected chi connectivity index (χ4v) is 2.32. The Hall–Kier alpha value is -2.33. The molecule has 23 heavy (non-hydrogen) atoms. The van der Waals surface area contributed by atoms with Crippen molar-refractivity contribution in [1.82, 2.24) is 5.32 Å². The Balaban J connectivity index is 1.55. The Labute approximate surface area is 139 Å². The summed E-state index contributed by atoms with van der Waals surface area (Å²) in [5.74, 6) is -0.172. The number of benzene rings is 2. The predicted octanol–water partition coefficient (Wildman–Crippen LogP) is 3.41. The van der Waals surface area contributed by atoms with Gasteiger partial charge < -0.3 is 10.6 Å². The maximum Gasteiger partial charge on any atom is 0.251 e. The fraction of sp³-hybridized carbons (Fsp3) is 0.222. The summed E-state index contributed by atoms with van der Waals surface area (Å²) >= 11 is 5.82. The second-order valence-electron chi connectivity index (χ2n) is 5.68. The number of nitrogens with one attached hydrogen (secondary N) is 2. The molecule has 4 nitrogen and oxygen atoms in total. The zero-order valence-electron chi connectivity index (χ0n) is 12.5. The molecule has 0 heterocycles. The van der Waals surface area contributed by atoms with Gasteiger partial charge in [0.25, 0.3) is 5.91 Å². The molecule has 0 aliphatic heterocycles. The summed E-state index contributed by atoms with van der Waals surface area (Å²) in [7, 11) is 0. The molecule has 0 radical (unpaired) electrons. The van der Waals surface area contributed by atoms with Crippen molar-refractivity contribution >= 4 is 29.1 Å². The highest BCUT2D eigenvalue weighted by Crippen LogP contribution is 2.19. The van der Waals surface area contributed by atoms with Crippen molar-refractivity contribution in [2.75, 3.05) is 5.32 Å². The molecule has 2 aromatic rings. The van der Waals surface area contributed by atoms with Crippen molar-refractivity contribution in [3.05, 3.63) is 64.7 Å². The molecule has 3 rings (SSSR count). The largest absolute Gasteiger partial charge is 0.349 e. The molecule has 2 N–H and O–H groups in total. The smallest absolute Gasteiger partial charge is 0.251 e. The minimum absolute atomic E-state index is 0.0634. The van der Waals surface area contributed by atoms with Crippen LogP contribution in [0.25, 0.3) is 0 Å². The third-order valence-electron chi connectivity index (χ3n) is 3.62. The summed E-state index contributed by atoms with van der Waals surface area (Å²) in [6.07, 6.45) is 2.40. The Bertz CT molecular complexity index is 707. The normalized spacial score (nSPS) is 13.4. The zero-order chi connectivity index (χ0) is 16.2. The molecule has 5 heteroatoms. The summed E-state index contributed by atoms with van der Waals surface area (Å²) in [4.78, 5) is 23.9. The van der Waals surface area contributed by atoms with Crippen LogP contribution in [-0.2, 0) is 11.2 Å². The van der Waals surface area contributed by atoms with Gasteiger partial charge in [-0.15, -0.1) is 0 Å². The van der Waals surface area contributed by atoms with Crippen LogP contribution in [-0.4, -0.2) is 17.9 Å². The number of rotatable bonds is 5. The summed E-state index contributed by atoms with van der Waals surface area (Å²) < 4.78 is 0. The average Bonchev–Trinajstić information content (AvgIpc) is 3.34. The van der Waals surface area contributed by atoms with E-state index in [0.29, 0.717) is 22.3 Å². The van der Waals surface area contributed by atoms with Gasteiger partial charge in [0.05, 0.1) is 6.42 Å². The van der Waals surface area contributed by atoms with Crippen LogP contribution in [0.4, 0.5) is 5.69 Å². The lowest BCUT2D eigenvalue weighted by molar-refractivity contribution is -0.115. The van der Waals surface area contributed by atoms with Gasteiger partial charge >= 0.3 is 0 Å². The molecule has 0 saturated heterocycles. The monoisotopic (exact) mass is 328 g/mol. The van der Waals surface area contributed by atoms with Gasteiger partial charge in [-0.2, -0.15) is 0 Å². The van der Waals surface area contributed by atoms with Crippen LogP contribution in [0.1, 0.15) is 28.8 Å². The summed E-state index contributed by atoms with van der Waals surface area (Å²) in [5, 5.41) is 6.40. The molecule has 0 bridgehead atoms. The molecule has 0 atom stereocenters. The van der Waals surface area contributed by atoms with Crippen LogP contribution in [0.15, 0.2) is 48.5 Å². The van der Waals surface area contributed by atoms with Crippen LogP contribution in [0.3, 0.4) is 0 Å². The number of carbonyl (C=O) groups excluding carboxylic acids is 2. The van der Waals surface area contributed by atoms with Gasteiger partial charge in [-0.25, -0.2) is 0 Å². The number of carbonyl (C=O) groups is 2. The number of hydrogen-bond acceptors (Lipinski definition) is 2. The molecule has 0 spiro atoms. The maximum absolute atomic E-state index is 12.0. The van der Waals surface area contributed by atoms with E-state index in [1.54, 1.807) is 36.4 Å². The van der Waals surface area contributed by atoms with Crippen molar-refractivity contribution in [1.29, 1.82) is 0 Å². The molecule has 2 aromatic carbocycles. The van der Waals surface area contributed by atoms with E-state index in [9.17, 15) is 9.59 Å². The van der Waals surface area contributed by atoms with E-state index in [1.807, 2.05) is 12.1 Å². The number of anilines is 1. The van der Waals surface area contributed by atoms with Crippen molar-refractivity contribution in [3.8, 4) is 0 Å². The maximum atomic E-state index is 12.0. The SMILES string of the molecule is O=C(Cc1ccc(Cl)cc1)Nc1ccc(C(=O)NC2CC2)cc1. The summed E-state index contributed by atoms with van der Waals surface area (Å²) in [6.45, 7) is 0. The van der Waals surface area contributed by atoms with Gasteiger partial charge in [0.1, 0.15) is 0 Å². The van der Waals surface area contributed by atoms with Crippen LogP contribution >= 0.6 is 11.6 Å². The first-order chi connectivity index (χ1) is 11.1. The first-order valence-electron chi connectivity index (χ1n) is 7.55. The van der Waals surface area contributed by atoms with Crippen LogP contribution in [0.2, 0.25) is 5.02 Å². The van der Waals surface area contributed by atoms with Crippen molar-refractivity contribution in [2.24, 2.45) is 0 Å². The second-order valence-corrected chi connectivity index (χ2v) is 6.11. The van der Waals surface area contributed by atoms with Crippen molar-refractivity contribution in [3.63, 3.8) is 0 Å². The second kappa shape index (κ2) is 6.84. The van der Waals surface area contributed by atoms with Gasteiger partial charge in [-0.05, 0) is 54.8 Å². The van der Waals surface area contributed by atoms with E-state index in [1.165, 1.54) is 0 Å². The summed E-state index contributed by atoms with van der Waals surface area (Å²) in [6, 6.07) is 14.4. The van der Waals surface area contributed by atoms with E-state index in [2.05, 4.69) is 10.6 Å². The molecule has 1 aliphatic rings. The molecule has 1 fully saturated rings. The molecule has 0 unspecified atom stereocenters. The minimum atomic E-state index is -0.109. The molecular weight excluding hydrogens is 312 g/mol. The molecule has 1 aliphatic carbocycles. The topological polar surface area (TPSA) is 58.2 Å². The van der Waals surface area contributed by atoms with E-state index in [0.717, 1.165) is 18.4 Å². The highest BCUT2D eigenvalue weighted by atomic mass is 35.5. The Morgan fingerprint density at radius 3 is 2.26 bits per heavy atom. The Morgan fingerprint density at radius 1 is 1.00 bits per heavy atom. The van der Waals surface area contributed by atoms with E-state index < -0.39 is 0 Å². The average molecular weight is 329 g/mol. The number of halogens is 1. The van der Waals surface area contributed by atoms with E-state index in [4.69, 9.17) is 11.6 Å². The van der Waals surface area contributed by atoms with Gasteiger partial charge in [-0.1, -0.05) is 23.7 Å². The molecule has 118 valence electrons. The number of hydrogen-bond donors (Lipinski definition) is 2. The highest BCUT2D eigenvalue weighted by Gasteiger charge is 2.23. The molecule has 1 saturated carbocycles. The molecule has 0 aromatic heterocycles. The standard InChI is InChI=1S/C18H17ClN2O2/c19-14-5-1-12(2-6-14)11-17(22)20-15-7-3-13(4-8-15)18(23)21-16-9-10-16/h1-8,16H,9-11H2,(H,20,22)(H,21,23). The molecule has 2 amide bonds. The lowest BCUT2D eigenvalue weighted by Gasteiger charge is -2.07. The van der Waals surface area contributed by atoms with Crippen LogP contribution in [0.5, 0.6) is 0 Å². The third kappa shape index (κ3) is 4.57. The van der Waals surface area contributed by atoms with E-state index in [-0.39, 0.29) is 18.2 Å². The Kier molecular flexibility index (Phi) is 4.63. The lowest BCUT2D eigenvalue weighted by Crippen LogP contribution is -2.25. The minimum Gasteiger partial charge on any atom is -0.349 e. The van der Waals surface area contributed by atoms with Gasteiger partial charge in [0, 0.05) is 22.3 Å². The first kappa shape index (κ1) is 15.6. The fourth-order valence-electron chi connectivity index (χ4n) is 2.19. The zero-order valence-corrected chi connectivity index (χ0v) is 13.3. The van der Waals surface area contributed by atoms with Gasteiger partial charge in [0.15, 0.2) is 0 Å². The number of amides is 2. The first-order valence-corrected chi connectivity index (χ1v) is 7.93. The van der Waals surface area contributed by atoms with Crippen molar-refractivity contribution in [2.45, 2.75) is 25.3 Å².